The lowest BCUT2D eigenvalue weighted by atomic mass is 9.95. The fourth-order valence-corrected chi connectivity index (χ4v) is 4.85. The van der Waals surface area contributed by atoms with Crippen LogP contribution >= 0.6 is 11.3 Å². The van der Waals surface area contributed by atoms with Crippen LogP contribution in [0.3, 0.4) is 0 Å². The summed E-state index contributed by atoms with van der Waals surface area (Å²) in [5.41, 5.74) is 2.27. The monoisotopic (exact) mass is 476 g/mol. The number of thiazole rings is 1. The molecule has 0 saturated heterocycles. The molecule has 3 aromatic rings. The van der Waals surface area contributed by atoms with Gasteiger partial charge in [0.2, 0.25) is 0 Å². The fourth-order valence-electron chi connectivity index (χ4n) is 3.86. The maximum Gasteiger partial charge on any atom is 0.338 e. The van der Waals surface area contributed by atoms with Crippen LogP contribution in [-0.4, -0.2) is 31.9 Å². The Kier molecular flexibility index (Phi) is 6.79. The molecule has 34 heavy (non-hydrogen) atoms. The molecule has 0 N–H and O–H groups in total. The number of nitrogens with zero attached hydrogens (tertiary/aromatic N) is 2. The van der Waals surface area contributed by atoms with E-state index in [4.69, 9.17) is 14.2 Å². The maximum absolute atomic E-state index is 13.5. The Labute approximate surface area is 200 Å². The Morgan fingerprint density at radius 1 is 1.06 bits per heavy atom. The molecule has 0 aliphatic carbocycles. The highest BCUT2D eigenvalue weighted by molar-refractivity contribution is 7.07. The molecule has 0 fully saturated rings. The molecule has 1 aliphatic heterocycles. The number of hydrogen-bond donors (Lipinski definition) is 0. The molecule has 1 atom stereocenters. The quantitative estimate of drug-likeness (QED) is 0.511. The summed E-state index contributed by atoms with van der Waals surface area (Å²) in [6.07, 6.45) is 5.52. The van der Waals surface area contributed by atoms with Crippen LogP contribution in [0.4, 0.5) is 0 Å². The van der Waals surface area contributed by atoms with Crippen LogP contribution in [0.15, 0.2) is 75.7 Å². The normalized spacial score (nSPS) is 15.8. The van der Waals surface area contributed by atoms with Crippen LogP contribution in [0, 0.1) is 0 Å². The van der Waals surface area contributed by atoms with Crippen LogP contribution in [0.5, 0.6) is 11.5 Å². The van der Waals surface area contributed by atoms with Gasteiger partial charge < -0.3 is 14.2 Å². The van der Waals surface area contributed by atoms with Crippen molar-refractivity contribution in [3.63, 3.8) is 0 Å². The molecule has 2 heterocycles. The molecular formula is C26H24N2O5S. The number of fused-ring (bicyclic) bond motifs is 1. The molecule has 7 nitrogen and oxygen atoms in total. The van der Waals surface area contributed by atoms with E-state index in [1.54, 1.807) is 38.3 Å². The standard InChI is InChI=1S/C26H24N2O5S/c1-16-22(25(30)33-4)23(18-13-14-19(31-2)20(15-18)32-3)28-24(29)21(34-26(28)27-16)12-8-11-17-9-6-5-7-10-17/h5-15,23H,1-4H3/b11-8+,21-12+/t23-/m1/s1. The van der Waals surface area contributed by atoms with Gasteiger partial charge in [0.1, 0.15) is 0 Å². The summed E-state index contributed by atoms with van der Waals surface area (Å²) in [6, 6.07) is 14.4. The smallest absolute Gasteiger partial charge is 0.338 e. The first-order valence-electron chi connectivity index (χ1n) is 10.5. The van der Waals surface area contributed by atoms with E-state index < -0.39 is 12.0 Å². The largest absolute Gasteiger partial charge is 0.493 e. The molecule has 0 saturated carbocycles. The number of methoxy groups -OCH3 is 3. The first-order chi connectivity index (χ1) is 16.5. The average molecular weight is 477 g/mol. The second-order valence-electron chi connectivity index (χ2n) is 7.48. The van der Waals surface area contributed by atoms with Crippen LogP contribution in [0.1, 0.15) is 24.1 Å². The van der Waals surface area contributed by atoms with Gasteiger partial charge in [-0.15, -0.1) is 0 Å². The van der Waals surface area contributed by atoms with Gasteiger partial charge in [-0.25, -0.2) is 9.79 Å². The van der Waals surface area contributed by atoms with Crippen LogP contribution in [0.25, 0.3) is 12.2 Å². The second kappa shape index (κ2) is 9.93. The van der Waals surface area contributed by atoms with Gasteiger partial charge in [-0.1, -0.05) is 59.9 Å². The first kappa shape index (κ1) is 23.3. The Morgan fingerprint density at radius 2 is 1.79 bits per heavy atom. The van der Waals surface area contributed by atoms with Gasteiger partial charge in [-0.05, 0) is 36.3 Å². The van der Waals surface area contributed by atoms with Crippen molar-refractivity contribution in [2.24, 2.45) is 4.99 Å². The number of rotatable bonds is 6. The predicted octanol–water partition coefficient (Wildman–Crippen LogP) is 3.09. The van der Waals surface area contributed by atoms with Gasteiger partial charge in [-0.3, -0.25) is 9.36 Å². The molecule has 174 valence electrons. The van der Waals surface area contributed by atoms with E-state index in [0.29, 0.717) is 37.7 Å². The van der Waals surface area contributed by atoms with E-state index in [1.165, 1.54) is 30.1 Å². The van der Waals surface area contributed by atoms with Crippen molar-refractivity contribution in [3.05, 3.63) is 96.7 Å². The first-order valence-corrected chi connectivity index (χ1v) is 11.3. The van der Waals surface area contributed by atoms with E-state index in [2.05, 4.69) is 4.99 Å². The van der Waals surface area contributed by atoms with Crippen molar-refractivity contribution in [2.45, 2.75) is 13.0 Å². The van der Waals surface area contributed by atoms with Crippen LogP contribution in [0.2, 0.25) is 0 Å². The van der Waals surface area contributed by atoms with E-state index in [0.717, 1.165) is 5.56 Å². The van der Waals surface area contributed by atoms with Gasteiger partial charge >= 0.3 is 5.97 Å². The lowest BCUT2D eigenvalue weighted by molar-refractivity contribution is -0.136. The topological polar surface area (TPSA) is 79.1 Å². The predicted molar refractivity (Wildman–Crippen MR) is 132 cm³/mol. The molecule has 0 amide bonds. The molecule has 0 bridgehead atoms. The minimum absolute atomic E-state index is 0.241. The summed E-state index contributed by atoms with van der Waals surface area (Å²) >= 11 is 1.27. The molecule has 1 aliphatic rings. The molecule has 1 aromatic heterocycles. The van der Waals surface area contributed by atoms with Crippen LogP contribution < -0.4 is 24.4 Å². The maximum atomic E-state index is 13.5. The number of aromatic nitrogens is 1. The van der Waals surface area contributed by atoms with E-state index >= 15 is 0 Å². The SMILES string of the molecule is COC(=O)C1=C(C)N=c2s/c(=C/C=C/c3ccccc3)c(=O)n2[C@@H]1c1ccc(OC)c(OC)c1. The number of benzene rings is 2. The zero-order valence-corrected chi connectivity index (χ0v) is 20.1. The number of carbonyl (C=O) groups excluding carboxylic acids is 1. The van der Waals surface area contributed by atoms with E-state index in [1.807, 2.05) is 42.5 Å². The van der Waals surface area contributed by atoms with Crippen molar-refractivity contribution in [3.8, 4) is 11.5 Å². The van der Waals surface area contributed by atoms with Gasteiger partial charge in [0.05, 0.1) is 43.2 Å². The fraction of sp³-hybridized carbons (Fsp3) is 0.192. The summed E-state index contributed by atoms with van der Waals surface area (Å²) < 4.78 is 17.9. The van der Waals surface area contributed by atoms with Crippen molar-refractivity contribution < 1.29 is 19.0 Å². The Morgan fingerprint density at radius 3 is 2.47 bits per heavy atom. The lowest BCUT2D eigenvalue weighted by Crippen LogP contribution is -2.39. The second-order valence-corrected chi connectivity index (χ2v) is 8.49. The van der Waals surface area contributed by atoms with Gasteiger partial charge in [-0.2, -0.15) is 0 Å². The Balaban J connectivity index is 1.89. The summed E-state index contributed by atoms with van der Waals surface area (Å²) in [7, 11) is 4.40. The minimum Gasteiger partial charge on any atom is -0.493 e. The number of esters is 1. The summed E-state index contributed by atoms with van der Waals surface area (Å²) in [4.78, 5) is 31.3. The molecular weight excluding hydrogens is 452 g/mol. The summed E-state index contributed by atoms with van der Waals surface area (Å²) in [5.74, 6) is 0.496. The van der Waals surface area contributed by atoms with Crippen LogP contribution in [-0.2, 0) is 9.53 Å². The third-order valence-electron chi connectivity index (χ3n) is 5.49. The van der Waals surface area contributed by atoms with Gasteiger partial charge in [0, 0.05) is 0 Å². The molecule has 0 unspecified atom stereocenters. The molecule has 8 heteroatoms. The summed E-state index contributed by atoms with van der Waals surface area (Å²) in [5, 5.41) is 0. The van der Waals surface area contributed by atoms with Crippen molar-refractivity contribution in [2.75, 3.05) is 21.3 Å². The summed E-state index contributed by atoms with van der Waals surface area (Å²) in [6.45, 7) is 1.74. The minimum atomic E-state index is -0.719. The Hall–Kier alpha value is -3.91. The molecule has 4 rings (SSSR count). The highest BCUT2D eigenvalue weighted by Gasteiger charge is 2.33. The average Bonchev–Trinajstić information content (AvgIpc) is 3.17. The molecule has 0 radical (unpaired) electrons. The van der Waals surface area contributed by atoms with Crippen molar-refractivity contribution >= 4 is 29.5 Å². The third-order valence-corrected chi connectivity index (χ3v) is 6.49. The van der Waals surface area contributed by atoms with Crippen molar-refractivity contribution in [1.82, 2.24) is 4.57 Å². The Bertz CT molecular complexity index is 1470. The number of hydrogen-bond acceptors (Lipinski definition) is 7. The third kappa shape index (κ3) is 4.32. The zero-order chi connectivity index (χ0) is 24.2. The number of allylic oxidation sites excluding steroid dienone is 2. The lowest BCUT2D eigenvalue weighted by Gasteiger charge is -2.25. The zero-order valence-electron chi connectivity index (χ0n) is 19.3. The van der Waals surface area contributed by atoms with E-state index in [9.17, 15) is 9.59 Å². The van der Waals surface area contributed by atoms with Crippen molar-refractivity contribution in [1.29, 1.82) is 0 Å². The molecule has 0 spiro atoms. The highest BCUT2D eigenvalue weighted by Crippen LogP contribution is 2.35. The van der Waals surface area contributed by atoms with E-state index in [-0.39, 0.29) is 5.56 Å². The van der Waals surface area contributed by atoms with Gasteiger partial charge in [0.15, 0.2) is 16.3 Å². The van der Waals surface area contributed by atoms with Gasteiger partial charge in [0.25, 0.3) is 5.56 Å². The molecule has 2 aromatic carbocycles. The number of ether oxygens (including phenoxy) is 3. The highest BCUT2D eigenvalue weighted by atomic mass is 32.1. The number of carbonyl (C=O) groups is 1.